The van der Waals surface area contributed by atoms with Crippen LogP contribution in [0.4, 0.5) is 0 Å². The third-order valence-corrected chi connectivity index (χ3v) is 2.88. The molecule has 0 amide bonds. The van der Waals surface area contributed by atoms with E-state index in [9.17, 15) is 0 Å². The second-order valence-corrected chi connectivity index (χ2v) is 4.41. The van der Waals surface area contributed by atoms with Gasteiger partial charge in [-0.3, -0.25) is 0 Å². The summed E-state index contributed by atoms with van der Waals surface area (Å²) in [4.78, 5) is 1.29. The molecule has 1 rings (SSSR count). The SMILES string of the molecule is N#CCCNCCc1ccc(Cl)s1. The summed E-state index contributed by atoms with van der Waals surface area (Å²) >= 11 is 7.39. The highest BCUT2D eigenvalue weighted by molar-refractivity contribution is 7.16. The van der Waals surface area contributed by atoms with Crippen LogP contribution in [-0.4, -0.2) is 13.1 Å². The molecular formula is C9H11ClN2S. The Balaban J connectivity index is 2.10. The van der Waals surface area contributed by atoms with E-state index in [1.165, 1.54) is 4.88 Å². The molecule has 0 spiro atoms. The van der Waals surface area contributed by atoms with Crippen LogP contribution in [0, 0.1) is 11.3 Å². The largest absolute Gasteiger partial charge is 0.315 e. The molecule has 1 aromatic heterocycles. The first-order chi connectivity index (χ1) is 6.33. The lowest BCUT2D eigenvalue weighted by molar-refractivity contribution is 0.696. The average Bonchev–Trinajstić information content (AvgIpc) is 2.51. The fourth-order valence-corrected chi connectivity index (χ4v) is 2.05. The summed E-state index contributed by atoms with van der Waals surface area (Å²) < 4.78 is 0.840. The number of thiophene rings is 1. The zero-order valence-electron chi connectivity index (χ0n) is 7.22. The van der Waals surface area contributed by atoms with Crippen molar-refractivity contribution < 1.29 is 0 Å². The van der Waals surface area contributed by atoms with Gasteiger partial charge in [0.15, 0.2) is 0 Å². The number of hydrogen-bond donors (Lipinski definition) is 1. The molecule has 1 heterocycles. The number of nitriles is 1. The lowest BCUT2D eigenvalue weighted by atomic mass is 10.3. The van der Waals surface area contributed by atoms with Gasteiger partial charge in [0, 0.05) is 17.8 Å². The molecule has 2 nitrogen and oxygen atoms in total. The van der Waals surface area contributed by atoms with Crippen LogP contribution in [-0.2, 0) is 6.42 Å². The van der Waals surface area contributed by atoms with Crippen molar-refractivity contribution in [3.63, 3.8) is 0 Å². The predicted molar refractivity (Wildman–Crippen MR) is 56.1 cm³/mol. The monoisotopic (exact) mass is 214 g/mol. The molecule has 0 aliphatic rings. The quantitative estimate of drug-likeness (QED) is 0.765. The van der Waals surface area contributed by atoms with Crippen molar-refractivity contribution in [3.05, 3.63) is 21.3 Å². The van der Waals surface area contributed by atoms with E-state index in [0.717, 1.165) is 23.8 Å². The first-order valence-corrected chi connectivity index (χ1v) is 5.34. The molecule has 0 radical (unpaired) electrons. The maximum absolute atomic E-state index is 8.28. The smallest absolute Gasteiger partial charge is 0.0931 e. The van der Waals surface area contributed by atoms with Gasteiger partial charge in [-0.05, 0) is 25.1 Å². The number of hydrogen-bond acceptors (Lipinski definition) is 3. The van der Waals surface area contributed by atoms with Crippen LogP contribution in [0.5, 0.6) is 0 Å². The number of rotatable bonds is 5. The third-order valence-electron chi connectivity index (χ3n) is 1.59. The van der Waals surface area contributed by atoms with Crippen LogP contribution >= 0.6 is 22.9 Å². The highest BCUT2D eigenvalue weighted by Gasteiger charge is 1.96. The second kappa shape index (κ2) is 5.98. The van der Waals surface area contributed by atoms with Crippen molar-refractivity contribution in [2.24, 2.45) is 0 Å². The van der Waals surface area contributed by atoms with Crippen molar-refractivity contribution in [1.82, 2.24) is 5.32 Å². The van der Waals surface area contributed by atoms with E-state index in [1.54, 1.807) is 11.3 Å². The van der Waals surface area contributed by atoms with Crippen molar-refractivity contribution in [2.45, 2.75) is 12.8 Å². The van der Waals surface area contributed by atoms with Crippen molar-refractivity contribution in [2.75, 3.05) is 13.1 Å². The molecule has 0 aliphatic carbocycles. The molecule has 70 valence electrons. The van der Waals surface area contributed by atoms with Gasteiger partial charge in [0.05, 0.1) is 10.4 Å². The van der Waals surface area contributed by atoms with Crippen molar-refractivity contribution in [1.29, 1.82) is 5.26 Å². The summed E-state index contributed by atoms with van der Waals surface area (Å²) in [5, 5.41) is 11.5. The molecule has 0 saturated carbocycles. The fraction of sp³-hybridized carbons (Fsp3) is 0.444. The number of nitrogens with one attached hydrogen (secondary N) is 1. The summed E-state index contributed by atoms with van der Waals surface area (Å²) in [6, 6.07) is 6.04. The molecule has 0 unspecified atom stereocenters. The van der Waals surface area contributed by atoms with Gasteiger partial charge in [0.1, 0.15) is 0 Å². The van der Waals surface area contributed by atoms with E-state index in [4.69, 9.17) is 16.9 Å². The van der Waals surface area contributed by atoms with Crippen molar-refractivity contribution in [3.8, 4) is 6.07 Å². The Hall–Kier alpha value is -0.560. The minimum absolute atomic E-state index is 0.575. The zero-order chi connectivity index (χ0) is 9.52. The fourth-order valence-electron chi connectivity index (χ4n) is 0.967. The minimum Gasteiger partial charge on any atom is -0.315 e. The Bertz CT molecular complexity index is 290. The summed E-state index contributed by atoms with van der Waals surface area (Å²) in [5.41, 5.74) is 0. The Morgan fingerprint density at radius 3 is 2.92 bits per heavy atom. The molecule has 0 bridgehead atoms. The van der Waals surface area contributed by atoms with Crippen LogP contribution in [0.1, 0.15) is 11.3 Å². The third kappa shape index (κ3) is 4.28. The topological polar surface area (TPSA) is 35.8 Å². The molecule has 0 aromatic carbocycles. The van der Waals surface area contributed by atoms with Crippen LogP contribution in [0.2, 0.25) is 4.34 Å². The zero-order valence-corrected chi connectivity index (χ0v) is 8.79. The Kier molecular flexibility index (Phi) is 4.84. The Labute approximate surface area is 87.1 Å². The molecule has 0 aliphatic heterocycles. The lowest BCUT2D eigenvalue weighted by Crippen LogP contribution is -2.17. The molecular weight excluding hydrogens is 204 g/mol. The first kappa shape index (κ1) is 10.5. The molecule has 0 atom stereocenters. The van der Waals surface area contributed by atoms with E-state index in [0.29, 0.717) is 6.42 Å². The second-order valence-electron chi connectivity index (χ2n) is 2.61. The molecule has 0 fully saturated rings. The van der Waals surface area contributed by atoms with Crippen molar-refractivity contribution >= 4 is 22.9 Å². The molecule has 4 heteroatoms. The summed E-state index contributed by atoms with van der Waals surface area (Å²) in [7, 11) is 0. The maximum atomic E-state index is 8.28. The number of halogens is 1. The summed E-state index contributed by atoms with van der Waals surface area (Å²) in [5.74, 6) is 0. The van der Waals surface area contributed by atoms with Crippen LogP contribution in [0.3, 0.4) is 0 Å². The summed E-state index contributed by atoms with van der Waals surface area (Å²) in [6.07, 6.45) is 1.56. The van der Waals surface area contributed by atoms with E-state index in [2.05, 4.69) is 11.4 Å². The Morgan fingerprint density at radius 1 is 1.46 bits per heavy atom. The summed E-state index contributed by atoms with van der Waals surface area (Å²) in [6.45, 7) is 1.69. The van der Waals surface area contributed by atoms with Gasteiger partial charge in [-0.15, -0.1) is 11.3 Å². The highest BCUT2D eigenvalue weighted by Crippen LogP contribution is 2.21. The normalized spacial score (nSPS) is 9.85. The highest BCUT2D eigenvalue weighted by atomic mass is 35.5. The van der Waals surface area contributed by atoms with E-state index < -0.39 is 0 Å². The van der Waals surface area contributed by atoms with Crippen LogP contribution in [0.25, 0.3) is 0 Å². The van der Waals surface area contributed by atoms with E-state index in [-0.39, 0.29) is 0 Å². The minimum atomic E-state index is 0.575. The molecule has 1 aromatic rings. The van der Waals surface area contributed by atoms with E-state index >= 15 is 0 Å². The average molecular weight is 215 g/mol. The van der Waals surface area contributed by atoms with Gasteiger partial charge in [0.25, 0.3) is 0 Å². The van der Waals surface area contributed by atoms with Gasteiger partial charge in [-0.1, -0.05) is 11.6 Å². The maximum Gasteiger partial charge on any atom is 0.0931 e. The van der Waals surface area contributed by atoms with Crippen LogP contribution < -0.4 is 5.32 Å². The van der Waals surface area contributed by atoms with Gasteiger partial charge in [0.2, 0.25) is 0 Å². The van der Waals surface area contributed by atoms with Gasteiger partial charge in [-0.25, -0.2) is 0 Å². The van der Waals surface area contributed by atoms with E-state index in [1.807, 2.05) is 12.1 Å². The predicted octanol–water partition coefficient (Wildman–Crippen LogP) is 2.45. The van der Waals surface area contributed by atoms with Gasteiger partial charge >= 0.3 is 0 Å². The van der Waals surface area contributed by atoms with Gasteiger partial charge in [-0.2, -0.15) is 5.26 Å². The molecule has 1 N–H and O–H groups in total. The lowest BCUT2D eigenvalue weighted by Gasteiger charge is -1.98. The molecule has 0 saturated heterocycles. The first-order valence-electron chi connectivity index (χ1n) is 4.15. The molecule has 13 heavy (non-hydrogen) atoms. The standard InChI is InChI=1S/C9H11ClN2S/c10-9-3-2-8(13-9)4-7-12-6-1-5-11/h2-3,12H,1,4,6-7H2. The van der Waals surface area contributed by atoms with Crippen LogP contribution in [0.15, 0.2) is 12.1 Å². The number of nitrogens with zero attached hydrogens (tertiary/aromatic N) is 1. The Morgan fingerprint density at radius 2 is 2.31 bits per heavy atom. The van der Waals surface area contributed by atoms with Gasteiger partial charge < -0.3 is 5.32 Å².